The van der Waals surface area contributed by atoms with E-state index in [0.717, 1.165) is 24.0 Å². The van der Waals surface area contributed by atoms with Gasteiger partial charge in [-0.25, -0.2) is 0 Å². The summed E-state index contributed by atoms with van der Waals surface area (Å²) in [6.45, 7) is 0. The number of rotatable bonds is 2. The van der Waals surface area contributed by atoms with Gasteiger partial charge in [0.15, 0.2) is 0 Å². The minimum atomic E-state index is -0.779. The van der Waals surface area contributed by atoms with E-state index in [2.05, 4.69) is 0 Å². The first kappa shape index (κ1) is 9.21. The van der Waals surface area contributed by atoms with Crippen molar-refractivity contribution in [1.82, 2.24) is 0 Å². The van der Waals surface area contributed by atoms with Gasteiger partial charge in [-0.15, -0.1) is 0 Å². The molecule has 0 spiro atoms. The Labute approximate surface area is 82.5 Å². The molecule has 0 saturated heterocycles. The number of carboxylic acid groups (broad SMARTS) is 1. The Balaban J connectivity index is 2.34. The summed E-state index contributed by atoms with van der Waals surface area (Å²) in [5, 5.41) is 8.73. The van der Waals surface area contributed by atoms with E-state index in [4.69, 9.17) is 10.8 Å². The Morgan fingerprint density at radius 1 is 1.50 bits per heavy atom. The van der Waals surface area contributed by atoms with Gasteiger partial charge in [0, 0.05) is 6.04 Å². The van der Waals surface area contributed by atoms with Crippen LogP contribution in [0, 0.1) is 0 Å². The van der Waals surface area contributed by atoms with E-state index < -0.39 is 5.97 Å². The smallest absolute Gasteiger partial charge is 0.307 e. The van der Waals surface area contributed by atoms with Crippen LogP contribution >= 0.6 is 0 Å². The highest BCUT2D eigenvalue weighted by Crippen LogP contribution is 2.24. The van der Waals surface area contributed by atoms with Crippen LogP contribution in [0.15, 0.2) is 18.2 Å². The summed E-state index contributed by atoms with van der Waals surface area (Å²) in [4.78, 5) is 10.6. The molecule has 74 valence electrons. The molecular formula is C11H13NO2. The average Bonchev–Trinajstić information content (AvgIpc) is 2.45. The Bertz CT molecular complexity index is 374. The molecule has 1 aromatic carbocycles. The van der Waals surface area contributed by atoms with E-state index >= 15 is 0 Å². The molecule has 0 heterocycles. The molecule has 0 aromatic heterocycles. The van der Waals surface area contributed by atoms with Crippen molar-refractivity contribution in [3.05, 3.63) is 34.9 Å². The standard InChI is InChI=1S/C11H13NO2/c12-9-4-7-2-1-3-8(5-11(13)14)10(7)6-9/h1-3,9H,4-6,12H2,(H,13,14). The molecule has 0 aliphatic heterocycles. The quantitative estimate of drug-likeness (QED) is 0.724. The van der Waals surface area contributed by atoms with Gasteiger partial charge in [0.2, 0.25) is 0 Å². The molecule has 1 unspecified atom stereocenters. The molecule has 0 saturated carbocycles. The minimum Gasteiger partial charge on any atom is -0.481 e. The van der Waals surface area contributed by atoms with Crippen molar-refractivity contribution < 1.29 is 9.90 Å². The van der Waals surface area contributed by atoms with Crippen molar-refractivity contribution in [3.63, 3.8) is 0 Å². The van der Waals surface area contributed by atoms with Gasteiger partial charge in [-0.05, 0) is 29.5 Å². The highest BCUT2D eigenvalue weighted by atomic mass is 16.4. The van der Waals surface area contributed by atoms with E-state index in [0.29, 0.717) is 0 Å². The van der Waals surface area contributed by atoms with E-state index in [1.54, 1.807) is 0 Å². The third-order valence-corrected chi connectivity index (χ3v) is 2.66. The normalized spacial score (nSPS) is 19.4. The number of hydrogen-bond donors (Lipinski definition) is 2. The van der Waals surface area contributed by atoms with Gasteiger partial charge in [-0.1, -0.05) is 18.2 Å². The number of carbonyl (C=O) groups is 1. The number of fused-ring (bicyclic) bond motifs is 1. The van der Waals surface area contributed by atoms with E-state index in [9.17, 15) is 4.79 Å². The predicted octanol–water partition coefficient (Wildman–Crippen LogP) is 0.740. The minimum absolute atomic E-state index is 0.107. The Morgan fingerprint density at radius 3 is 3.00 bits per heavy atom. The molecular weight excluding hydrogens is 178 g/mol. The number of hydrogen-bond acceptors (Lipinski definition) is 2. The summed E-state index contributed by atoms with van der Waals surface area (Å²) < 4.78 is 0. The fraction of sp³-hybridized carbons (Fsp3) is 0.364. The zero-order valence-corrected chi connectivity index (χ0v) is 7.86. The summed E-state index contributed by atoms with van der Waals surface area (Å²) in [5.41, 5.74) is 9.13. The summed E-state index contributed by atoms with van der Waals surface area (Å²) in [6, 6.07) is 5.99. The van der Waals surface area contributed by atoms with Gasteiger partial charge in [-0.2, -0.15) is 0 Å². The first-order chi connectivity index (χ1) is 6.66. The van der Waals surface area contributed by atoms with Gasteiger partial charge >= 0.3 is 5.97 Å². The van der Waals surface area contributed by atoms with Crippen LogP contribution in [0.2, 0.25) is 0 Å². The van der Waals surface area contributed by atoms with Crippen molar-refractivity contribution in [2.75, 3.05) is 0 Å². The Morgan fingerprint density at radius 2 is 2.29 bits per heavy atom. The highest BCUT2D eigenvalue weighted by Gasteiger charge is 2.21. The zero-order valence-electron chi connectivity index (χ0n) is 7.86. The molecule has 1 atom stereocenters. The lowest BCUT2D eigenvalue weighted by Gasteiger charge is -2.05. The Hall–Kier alpha value is -1.35. The number of carboxylic acids is 1. The van der Waals surface area contributed by atoms with Gasteiger partial charge < -0.3 is 10.8 Å². The van der Waals surface area contributed by atoms with E-state index in [-0.39, 0.29) is 12.5 Å². The average molecular weight is 191 g/mol. The SMILES string of the molecule is NC1Cc2cccc(CC(=O)O)c2C1. The largest absolute Gasteiger partial charge is 0.481 e. The second-order valence-electron chi connectivity index (χ2n) is 3.79. The van der Waals surface area contributed by atoms with Crippen LogP contribution in [-0.2, 0) is 24.1 Å². The second kappa shape index (κ2) is 3.42. The van der Waals surface area contributed by atoms with Crippen LogP contribution in [-0.4, -0.2) is 17.1 Å². The van der Waals surface area contributed by atoms with Gasteiger partial charge in [0.25, 0.3) is 0 Å². The molecule has 0 amide bonds. The summed E-state index contributed by atoms with van der Waals surface area (Å²) in [6.07, 6.45) is 1.80. The topological polar surface area (TPSA) is 63.3 Å². The molecule has 3 nitrogen and oxygen atoms in total. The zero-order chi connectivity index (χ0) is 10.1. The lowest BCUT2D eigenvalue weighted by atomic mass is 10.0. The lowest BCUT2D eigenvalue weighted by molar-refractivity contribution is -0.136. The first-order valence-corrected chi connectivity index (χ1v) is 4.74. The maximum absolute atomic E-state index is 10.6. The fourth-order valence-corrected chi connectivity index (χ4v) is 2.09. The number of aliphatic carboxylic acids is 1. The highest BCUT2D eigenvalue weighted by molar-refractivity contribution is 5.71. The van der Waals surface area contributed by atoms with E-state index in [1.807, 2.05) is 18.2 Å². The molecule has 3 N–H and O–H groups in total. The van der Waals surface area contributed by atoms with Crippen LogP contribution in [0.5, 0.6) is 0 Å². The third kappa shape index (κ3) is 1.63. The van der Waals surface area contributed by atoms with E-state index in [1.165, 1.54) is 5.56 Å². The first-order valence-electron chi connectivity index (χ1n) is 4.74. The van der Waals surface area contributed by atoms with Crippen molar-refractivity contribution in [2.24, 2.45) is 5.73 Å². The maximum atomic E-state index is 10.6. The maximum Gasteiger partial charge on any atom is 0.307 e. The predicted molar refractivity (Wildman–Crippen MR) is 53.2 cm³/mol. The lowest BCUT2D eigenvalue weighted by Crippen LogP contribution is -2.19. The summed E-state index contributed by atoms with van der Waals surface area (Å²) in [5.74, 6) is -0.779. The van der Waals surface area contributed by atoms with Gasteiger partial charge in [-0.3, -0.25) is 4.79 Å². The van der Waals surface area contributed by atoms with Crippen LogP contribution in [0.4, 0.5) is 0 Å². The van der Waals surface area contributed by atoms with Gasteiger partial charge in [0.05, 0.1) is 6.42 Å². The molecule has 0 bridgehead atoms. The molecule has 2 rings (SSSR count). The molecule has 0 radical (unpaired) electrons. The summed E-state index contributed by atoms with van der Waals surface area (Å²) >= 11 is 0. The van der Waals surface area contributed by atoms with Crippen LogP contribution < -0.4 is 5.73 Å². The molecule has 14 heavy (non-hydrogen) atoms. The molecule has 3 heteroatoms. The Kier molecular flexibility index (Phi) is 2.25. The van der Waals surface area contributed by atoms with Crippen LogP contribution in [0.1, 0.15) is 16.7 Å². The molecule has 1 aliphatic rings. The van der Waals surface area contributed by atoms with Crippen molar-refractivity contribution in [3.8, 4) is 0 Å². The van der Waals surface area contributed by atoms with Crippen molar-refractivity contribution >= 4 is 5.97 Å². The van der Waals surface area contributed by atoms with Crippen molar-refractivity contribution in [1.29, 1.82) is 0 Å². The number of nitrogens with two attached hydrogens (primary N) is 1. The molecule has 1 aliphatic carbocycles. The third-order valence-electron chi connectivity index (χ3n) is 2.66. The van der Waals surface area contributed by atoms with Gasteiger partial charge in [0.1, 0.15) is 0 Å². The molecule has 1 aromatic rings. The number of benzene rings is 1. The van der Waals surface area contributed by atoms with Crippen LogP contribution in [0.3, 0.4) is 0 Å². The van der Waals surface area contributed by atoms with Crippen LogP contribution in [0.25, 0.3) is 0 Å². The monoisotopic (exact) mass is 191 g/mol. The molecule has 0 fully saturated rings. The van der Waals surface area contributed by atoms with Crippen molar-refractivity contribution in [2.45, 2.75) is 25.3 Å². The second-order valence-corrected chi connectivity index (χ2v) is 3.79. The summed E-state index contributed by atoms with van der Waals surface area (Å²) in [7, 11) is 0. The fourth-order valence-electron chi connectivity index (χ4n) is 2.09.